The summed E-state index contributed by atoms with van der Waals surface area (Å²) < 4.78 is 15.2. The van der Waals surface area contributed by atoms with Crippen molar-refractivity contribution < 1.29 is 4.39 Å². The minimum atomic E-state index is -0.261. The predicted octanol–water partition coefficient (Wildman–Crippen LogP) is 4.83. The quantitative estimate of drug-likeness (QED) is 0.555. The standard InChI is InChI=1S/C22H22FN5/c1-13-8-9-19(10-14(13)2)25-21-15(3)16(4)24-22-26-20(27-28(21)22)12-17-6-5-7-18(23)11-17/h5-11,25H,12H2,1-4H3. The lowest BCUT2D eigenvalue weighted by Gasteiger charge is -2.13. The Hall–Kier alpha value is -3.28. The number of aryl methyl sites for hydroxylation is 3. The molecule has 0 saturated heterocycles. The number of benzene rings is 2. The number of hydrogen-bond donors (Lipinski definition) is 1. The number of fused-ring (bicyclic) bond motifs is 1. The zero-order chi connectivity index (χ0) is 19.8. The van der Waals surface area contributed by atoms with Gasteiger partial charge in [-0.25, -0.2) is 9.37 Å². The fraction of sp³-hybridized carbons (Fsp3) is 0.227. The molecule has 0 bridgehead atoms. The summed E-state index contributed by atoms with van der Waals surface area (Å²) in [6, 6.07) is 12.8. The number of anilines is 2. The van der Waals surface area contributed by atoms with Crippen molar-refractivity contribution >= 4 is 17.3 Å². The topological polar surface area (TPSA) is 55.1 Å². The van der Waals surface area contributed by atoms with Gasteiger partial charge in [0.2, 0.25) is 0 Å². The summed E-state index contributed by atoms with van der Waals surface area (Å²) in [5.74, 6) is 1.71. The van der Waals surface area contributed by atoms with E-state index < -0.39 is 0 Å². The summed E-state index contributed by atoms with van der Waals surface area (Å²) >= 11 is 0. The van der Waals surface area contributed by atoms with Gasteiger partial charge in [-0.15, -0.1) is 5.10 Å². The van der Waals surface area contributed by atoms with Crippen LogP contribution in [0.15, 0.2) is 42.5 Å². The second kappa shape index (κ2) is 7.03. The molecule has 6 heteroatoms. The van der Waals surface area contributed by atoms with Crippen LogP contribution in [0.5, 0.6) is 0 Å². The van der Waals surface area contributed by atoms with Gasteiger partial charge in [0.15, 0.2) is 5.82 Å². The second-order valence-electron chi connectivity index (χ2n) is 7.14. The lowest BCUT2D eigenvalue weighted by atomic mass is 10.1. The Labute approximate surface area is 163 Å². The molecule has 5 nitrogen and oxygen atoms in total. The molecule has 0 aliphatic rings. The first-order valence-electron chi connectivity index (χ1n) is 9.22. The van der Waals surface area contributed by atoms with Crippen molar-refractivity contribution in [3.8, 4) is 0 Å². The van der Waals surface area contributed by atoms with Crippen LogP contribution in [-0.4, -0.2) is 19.6 Å². The molecule has 142 valence electrons. The maximum Gasteiger partial charge on any atom is 0.254 e. The number of hydrogen-bond acceptors (Lipinski definition) is 4. The highest BCUT2D eigenvalue weighted by Gasteiger charge is 2.15. The minimum absolute atomic E-state index is 0.261. The summed E-state index contributed by atoms with van der Waals surface area (Å²) in [7, 11) is 0. The molecular weight excluding hydrogens is 353 g/mol. The molecule has 0 aliphatic carbocycles. The van der Waals surface area contributed by atoms with E-state index in [0.29, 0.717) is 18.0 Å². The molecule has 4 aromatic rings. The lowest BCUT2D eigenvalue weighted by molar-refractivity contribution is 0.625. The molecule has 2 aromatic carbocycles. The molecule has 0 aliphatic heterocycles. The van der Waals surface area contributed by atoms with Crippen LogP contribution in [0.1, 0.15) is 33.8 Å². The third-order valence-electron chi connectivity index (χ3n) is 5.03. The Morgan fingerprint density at radius 2 is 1.79 bits per heavy atom. The van der Waals surface area contributed by atoms with Crippen molar-refractivity contribution in [1.82, 2.24) is 19.6 Å². The zero-order valence-electron chi connectivity index (χ0n) is 16.4. The lowest BCUT2D eigenvalue weighted by Crippen LogP contribution is -2.06. The molecule has 0 atom stereocenters. The number of nitrogens with one attached hydrogen (secondary N) is 1. The van der Waals surface area contributed by atoms with Crippen LogP contribution < -0.4 is 5.32 Å². The van der Waals surface area contributed by atoms with Crippen molar-refractivity contribution in [3.05, 3.63) is 82.1 Å². The summed E-state index contributed by atoms with van der Waals surface area (Å²) in [5.41, 5.74) is 6.18. The minimum Gasteiger partial charge on any atom is -0.340 e. The highest BCUT2D eigenvalue weighted by atomic mass is 19.1. The van der Waals surface area contributed by atoms with E-state index in [1.54, 1.807) is 10.6 Å². The van der Waals surface area contributed by atoms with Crippen LogP contribution in [0, 0.1) is 33.5 Å². The summed E-state index contributed by atoms with van der Waals surface area (Å²) in [5, 5.41) is 8.10. The van der Waals surface area contributed by atoms with Crippen molar-refractivity contribution in [3.63, 3.8) is 0 Å². The molecule has 2 heterocycles. The van der Waals surface area contributed by atoms with Gasteiger partial charge in [-0.2, -0.15) is 9.50 Å². The summed E-state index contributed by atoms with van der Waals surface area (Å²) in [4.78, 5) is 9.12. The summed E-state index contributed by atoms with van der Waals surface area (Å²) in [6.07, 6.45) is 0.447. The average Bonchev–Trinajstić information content (AvgIpc) is 3.04. The SMILES string of the molecule is Cc1ccc(Nc2c(C)c(C)nc3nc(Cc4cccc(F)c4)nn23)cc1C. The van der Waals surface area contributed by atoms with Crippen LogP contribution in [-0.2, 0) is 6.42 Å². The molecule has 0 unspecified atom stereocenters. The highest BCUT2D eigenvalue weighted by Crippen LogP contribution is 2.24. The monoisotopic (exact) mass is 375 g/mol. The zero-order valence-corrected chi connectivity index (χ0v) is 16.4. The first-order chi connectivity index (χ1) is 13.4. The molecule has 4 rings (SSSR count). The fourth-order valence-electron chi connectivity index (χ4n) is 3.14. The van der Waals surface area contributed by atoms with Crippen LogP contribution in [0.2, 0.25) is 0 Å². The van der Waals surface area contributed by atoms with Crippen LogP contribution >= 0.6 is 0 Å². The summed E-state index contributed by atoms with van der Waals surface area (Å²) in [6.45, 7) is 8.16. The number of halogens is 1. The molecular formula is C22H22FN5. The number of rotatable bonds is 4. The van der Waals surface area contributed by atoms with Gasteiger partial charge in [0.1, 0.15) is 11.6 Å². The Bertz CT molecular complexity index is 1180. The van der Waals surface area contributed by atoms with Gasteiger partial charge in [0, 0.05) is 23.4 Å². The first-order valence-corrected chi connectivity index (χ1v) is 9.22. The molecule has 28 heavy (non-hydrogen) atoms. The van der Waals surface area contributed by atoms with E-state index in [2.05, 4.69) is 46.4 Å². The second-order valence-corrected chi connectivity index (χ2v) is 7.14. The first kappa shape index (κ1) is 18.1. The molecule has 1 N–H and O–H groups in total. The molecule has 2 aromatic heterocycles. The van der Waals surface area contributed by atoms with E-state index in [4.69, 9.17) is 0 Å². The van der Waals surface area contributed by atoms with Gasteiger partial charge in [-0.1, -0.05) is 18.2 Å². The number of nitrogens with zero attached hydrogens (tertiary/aromatic N) is 4. The Balaban J connectivity index is 1.75. The van der Waals surface area contributed by atoms with Crippen molar-refractivity contribution in [1.29, 1.82) is 0 Å². The fourth-order valence-corrected chi connectivity index (χ4v) is 3.14. The van der Waals surface area contributed by atoms with Crippen LogP contribution in [0.4, 0.5) is 15.9 Å². The highest BCUT2D eigenvalue weighted by molar-refractivity contribution is 5.63. The third kappa shape index (κ3) is 3.45. The molecule has 0 saturated carbocycles. The molecule has 0 amide bonds. The average molecular weight is 375 g/mol. The molecule has 0 spiro atoms. The van der Waals surface area contributed by atoms with Gasteiger partial charge in [0.05, 0.1) is 0 Å². The van der Waals surface area contributed by atoms with Gasteiger partial charge in [-0.3, -0.25) is 0 Å². The van der Waals surface area contributed by atoms with E-state index in [1.807, 2.05) is 26.0 Å². The van der Waals surface area contributed by atoms with E-state index in [1.165, 1.54) is 23.3 Å². The Morgan fingerprint density at radius 1 is 0.964 bits per heavy atom. The van der Waals surface area contributed by atoms with E-state index in [9.17, 15) is 4.39 Å². The maximum absolute atomic E-state index is 13.5. The van der Waals surface area contributed by atoms with E-state index in [0.717, 1.165) is 28.3 Å². The van der Waals surface area contributed by atoms with Gasteiger partial charge in [-0.05, 0) is 68.7 Å². The largest absolute Gasteiger partial charge is 0.340 e. The molecule has 0 radical (unpaired) electrons. The Kier molecular flexibility index (Phi) is 4.55. The van der Waals surface area contributed by atoms with Crippen LogP contribution in [0.3, 0.4) is 0 Å². The normalized spacial score (nSPS) is 11.2. The molecule has 0 fully saturated rings. The van der Waals surface area contributed by atoms with Gasteiger partial charge in [0.25, 0.3) is 5.78 Å². The van der Waals surface area contributed by atoms with E-state index >= 15 is 0 Å². The van der Waals surface area contributed by atoms with Crippen molar-refractivity contribution in [2.24, 2.45) is 0 Å². The number of aromatic nitrogens is 4. The maximum atomic E-state index is 13.5. The van der Waals surface area contributed by atoms with Crippen molar-refractivity contribution in [2.45, 2.75) is 34.1 Å². The van der Waals surface area contributed by atoms with E-state index in [-0.39, 0.29) is 5.82 Å². The third-order valence-corrected chi connectivity index (χ3v) is 5.03. The predicted molar refractivity (Wildman–Crippen MR) is 109 cm³/mol. The Morgan fingerprint density at radius 3 is 2.54 bits per heavy atom. The van der Waals surface area contributed by atoms with Gasteiger partial charge < -0.3 is 5.32 Å². The van der Waals surface area contributed by atoms with Crippen LogP contribution in [0.25, 0.3) is 5.78 Å². The van der Waals surface area contributed by atoms with Crippen molar-refractivity contribution in [2.75, 3.05) is 5.32 Å². The van der Waals surface area contributed by atoms with Gasteiger partial charge >= 0.3 is 0 Å². The smallest absolute Gasteiger partial charge is 0.254 e.